The molecule has 7 heteroatoms. The molecule has 6 nitrogen and oxygen atoms in total. The average Bonchev–Trinajstić information content (AvgIpc) is 3.30. The monoisotopic (exact) mass is 471 g/mol. The third-order valence-corrected chi connectivity index (χ3v) is 5.37. The number of methoxy groups -OCH3 is 1. The van der Waals surface area contributed by atoms with Crippen LogP contribution < -0.4 is 14.8 Å². The Morgan fingerprint density at radius 2 is 1.89 bits per heavy atom. The van der Waals surface area contributed by atoms with Crippen LogP contribution in [0.15, 0.2) is 85.2 Å². The van der Waals surface area contributed by atoms with E-state index in [0.717, 1.165) is 28.0 Å². The minimum absolute atomic E-state index is 0.278. The second kappa shape index (κ2) is 11.2. The topological polar surface area (TPSA) is 65.4 Å². The molecular weight excluding hydrogens is 445 g/mol. The number of anilines is 1. The second-order valence-electron chi connectivity index (χ2n) is 8.00. The Labute approximate surface area is 203 Å². The Bertz CT molecular complexity index is 1330. The molecule has 4 rings (SSSR count). The molecule has 0 aliphatic heterocycles. The molecule has 0 saturated heterocycles. The van der Waals surface area contributed by atoms with E-state index in [4.69, 9.17) is 9.47 Å². The molecule has 0 aliphatic rings. The summed E-state index contributed by atoms with van der Waals surface area (Å²) in [6.07, 6.45) is 6.49. The molecule has 1 N–H and O–H groups in total. The number of carbonyl (C=O) groups is 1. The van der Waals surface area contributed by atoms with Crippen LogP contribution in [0.4, 0.5) is 10.1 Å². The molecule has 178 valence electrons. The van der Waals surface area contributed by atoms with Crippen molar-refractivity contribution in [1.82, 2.24) is 9.78 Å². The van der Waals surface area contributed by atoms with Crippen molar-refractivity contribution in [2.24, 2.45) is 0 Å². The highest BCUT2D eigenvalue weighted by Crippen LogP contribution is 2.24. The summed E-state index contributed by atoms with van der Waals surface area (Å²) in [4.78, 5) is 12.4. The summed E-state index contributed by atoms with van der Waals surface area (Å²) in [5.74, 6) is 0.972. The Morgan fingerprint density at radius 1 is 1.09 bits per heavy atom. The van der Waals surface area contributed by atoms with Crippen LogP contribution >= 0.6 is 0 Å². The molecular formula is C28H26FN3O3. The summed E-state index contributed by atoms with van der Waals surface area (Å²) >= 11 is 0. The van der Waals surface area contributed by atoms with Crippen LogP contribution in [-0.4, -0.2) is 22.8 Å². The number of hydrogen-bond donors (Lipinski definition) is 1. The van der Waals surface area contributed by atoms with Gasteiger partial charge in [-0.1, -0.05) is 36.4 Å². The molecule has 1 aromatic heterocycles. The number of aryl methyl sites for hydroxylation is 1. The first-order valence-corrected chi connectivity index (χ1v) is 11.1. The SMILES string of the molecule is COc1ccc(/C=C/C(=O)Nc2cnn(Cc3ccc(F)cc3)c2)cc1COc1ccccc1C. The van der Waals surface area contributed by atoms with Crippen LogP contribution in [-0.2, 0) is 17.9 Å². The van der Waals surface area contributed by atoms with E-state index in [1.54, 1.807) is 42.4 Å². The van der Waals surface area contributed by atoms with Crippen molar-refractivity contribution in [1.29, 1.82) is 0 Å². The van der Waals surface area contributed by atoms with Gasteiger partial charge in [-0.15, -0.1) is 0 Å². The molecule has 0 unspecified atom stereocenters. The third kappa shape index (κ3) is 6.57. The molecule has 1 heterocycles. The number of hydrogen-bond acceptors (Lipinski definition) is 4. The van der Waals surface area contributed by atoms with Crippen LogP contribution in [0, 0.1) is 12.7 Å². The molecule has 4 aromatic rings. The lowest BCUT2D eigenvalue weighted by Gasteiger charge is -2.12. The van der Waals surface area contributed by atoms with Gasteiger partial charge in [0.1, 0.15) is 23.9 Å². The molecule has 35 heavy (non-hydrogen) atoms. The molecule has 3 aromatic carbocycles. The van der Waals surface area contributed by atoms with Crippen molar-refractivity contribution in [2.75, 3.05) is 12.4 Å². The van der Waals surface area contributed by atoms with E-state index in [0.29, 0.717) is 24.6 Å². The van der Waals surface area contributed by atoms with Gasteiger partial charge in [0, 0.05) is 17.8 Å². The smallest absolute Gasteiger partial charge is 0.248 e. The number of para-hydroxylation sites is 1. The fraction of sp³-hybridized carbons (Fsp3) is 0.143. The highest BCUT2D eigenvalue weighted by atomic mass is 19.1. The molecule has 0 atom stereocenters. The third-order valence-electron chi connectivity index (χ3n) is 5.37. The molecule has 0 spiro atoms. The van der Waals surface area contributed by atoms with Crippen LogP contribution in [0.5, 0.6) is 11.5 Å². The van der Waals surface area contributed by atoms with Crippen LogP contribution in [0.3, 0.4) is 0 Å². The summed E-state index contributed by atoms with van der Waals surface area (Å²) in [6.45, 7) is 2.82. The van der Waals surface area contributed by atoms with Crippen molar-refractivity contribution < 1.29 is 18.7 Å². The maximum Gasteiger partial charge on any atom is 0.248 e. The Morgan fingerprint density at radius 3 is 2.66 bits per heavy atom. The van der Waals surface area contributed by atoms with Gasteiger partial charge in [-0.3, -0.25) is 9.48 Å². The Balaban J connectivity index is 1.37. The molecule has 0 aliphatic carbocycles. The van der Waals surface area contributed by atoms with E-state index in [1.807, 2.05) is 49.4 Å². The van der Waals surface area contributed by atoms with Crippen molar-refractivity contribution in [3.63, 3.8) is 0 Å². The Kier molecular flexibility index (Phi) is 7.57. The predicted octanol–water partition coefficient (Wildman–Crippen LogP) is 5.62. The maximum atomic E-state index is 13.1. The number of ether oxygens (including phenoxy) is 2. The van der Waals surface area contributed by atoms with Crippen molar-refractivity contribution in [3.05, 3.63) is 113 Å². The van der Waals surface area contributed by atoms with Gasteiger partial charge in [-0.2, -0.15) is 5.10 Å². The number of carbonyl (C=O) groups excluding carboxylic acids is 1. The van der Waals surface area contributed by atoms with Gasteiger partial charge in [-0.25, -0.2) is 4.39 Å². The lowest BCUT2D eigenvalue weighted by Crippen LogP contribution is -2.07. The Hall–Kier alpha value is -4.39. The summed E-state index contributed by atoms with van der Waals surface area (Å²) in [5.41, 5.74) is 4.26. The number of halogens is 1. The van der Waals surface area contributed by atoms with E-state index in [1.165, 1.54) is 18.2 Å². The van der Waals surface area contributed by atoms with E-state index in [2.05, 4.69) is 10.4 Å². The van der Waals surface area contributed by atoms with Crippen molar-refractivity contribution in [3.8, 4) is 11.5 Å². The quantitative estimate of drug-likeness (QED) is 0.322. The number of rotatable bonds is 9. The van der Waals surface area contributed by atoms with E-state index < -0.39 is 0 Å². The standard InChI is InChI=1S/C28H26FN3O3/c1-20-5-3-4-6-26(20)35-19-23-15-21(9-13-27(23)34-2)10-14-28(33)31-25-16-30-32(18-25)17-22-7-11-24(29)12-8-22/h3-16,18H,17,19H2,1-2H3,(H,31,33)/b14-10+. The first-order valence-electron chi connectivity index (χ1n) is 11.1. The molecule has 0 radical (unpaired) electrons. The van der Waals surface area contributed by atoms with Crippen LogP contribution in [0.1, 0.15) is 22.3 Å². The van der Waals surface area contributed by atoms with Gasteiger partial charge in [0.2, 0.25) is 5.91 Å². The summed E-state index contributed by atoms with van der Waals surface area (Å²) in [7, 11) is 1.62. The molecule has 1 amide bonds. The van der Waals surface area contributed by atoms with Gasteiger partial charge in [-0.05, 0) is 60.0 Å². The fourth-order valence-electron chi connectivity index (χ4n) is 3.54. The minimum atomic E-state index is -0.281. The number of amides is 1. The lowest BCUT2D eigenvalue weighted by atomic mass is 10.1. The normalized spacial score (nSPS) is 10.9. The number of aromatic nitrogens is 2. The largest absolute Gasteiger partial charge is 0.496 e. The minimum Gasteiger partial charge on any atom is -0.496 e. The molecule has 0 bridgehead atoms. The molecule has 0 fully saturated rings. The zero-order chi connectivity index (χ0) is 24.6. The number of nitrogens with one attached hydrogen (secondary N) is 1. The van der Waals surface area contributed by atoms with Gasteiger partial charge < -0.3 is 14.8 Å². The van der Waals surface area contributed by atoms with Crippen molar-refractivity contribution >= 4 is 17.7 Å². The summed E-state index contributed by atoms with van der Waals surface area (Å²) in [5, 5.41) is 7.04. The number of benzene rings is 3. The van der Waals surface area contributed by atoms with Gasteiger partial charge in [0.15, 0.2) is 0 Å². The van der Waals surface area contributed by atoms with Crippen LogP contribution in [0.25, 0.3) is 6.08 Å². The first kappa shape index (κ1) is 23.8. The second-order valence-corrected chi connectivity index (χ2v) is 8.00. The summed E-state index contributed by atoms with van der Waals surface area (Å²) in [6, 6.07) is 19.7. The van der Waals surface area contributed by atoms with Gasteiger partial charge in [0.25, 0.3) is 0 Å². The number of nitrogens with zero attached hydrogens (tertiary/aromatic N) is 2. The van der Waals surface area contributed by atoms with E-state index >= 15 is 0 Å². The highest BCUT2D eigenvalue weighted by Gasteiger charge is 2.07. The summed E-state index contributed by atoms with van der Waals surface area (Å²) < 4.78 is 26.2. The fourth-order valence-corrected chi connectivity index (χ4v) is 3.54. The first-order chi connectivity index (χ1) is 17.0. The van der Waals surface area contributed by atoms with Gasteiger partial charge in [0.05, 0.1) is 25.5 Å². The van der Waals surface area contributed by atoms with Crippen LogP contribution in [0.2, 0.25) is 0 Å². The van der Waals surface area contributed by atoms with E-state index in [9.17, 15) is 9.18 Å². The van der Waals surface area contributed by atoms with Gasteiger partial charge >= 0.3 is 0 Å². The maximum absolute atomic E-state index is 13.1. The van der Waals surface area contributed by atoms with Crippen molar-refractivity contribution in [2.45, 2.75) is 20.1 Å². The lowest BCUT2D eigenvalue weighted by molar-refractivity contribution is -0.111. The van der Waals surface area contributed by atoms with E-state index in [-0.39, 0.29) is 11.7 Å². The molecule has 0 saturated carbocycles. The zero-order valence-corrected chi connectivity index (χ0v) is 19.6. The zero-order valence-electron chi connectivity index (χ0n) is 19.6. The average molecular weight is 472 g/mol. The highest BCUT2D eigenvalue weighted by molar-refractivity contribution is 6.01. The predicted molar refractivity (Wildman–Crippen MR) is 134 cm³/mol.